The third kappa shape index (κ3) is 3.42. The van der Waals surface area contributed by atoms with E-state index in [0.717, 1.165) is 29.7 Å². The van der Waals surface area contributed by atoms with E-state index >= 15 is 0 Å². The quantitative estimate of drug-likeness (QED) is 0.784. The molecule has 1 saturated carbocycles. The average Bonchev–Trinajstić information content (AvgIpc) is 3.07. The number of thiophene rings is 1. The van der Waals surface area contributed by atoms with Crippen molar-refractivity contribution >= 4 is 23.1 Å². The van der Waals surface area contributed by atoms with Crippen molar-refractivity contribution in [1.29, 1.82) is 0 Å². The van der Waals surface area contributed by atoms with Crippen LogP contribution in [0.4, 0.5) is 10.5 Å². The molecule has 0 bridgehead atoms. The number of rotatable bonds is 3. The lowest BCUT2D eigenvalue weighted by Gasteiger charge is -2.37. The summed E-state index contributed by atoms with van der Waals surface area (Å²) in [5, 5.41) is 8.46. The van der Waals surface area contributed by atoms with E-state index in [-0.39, 0.29) is 11.6 Å². The lowest BCUT2D eigenvalue weighted by Crippen LogP contribution is -2.48. The number of amides is 2. The molecule has 0 radical (unpaired) electrons. The molecule has 23 heavy (non-hydrogen) atoms. The topological polar surface area (TPSA) is 41.1 Å². The van der Waals surface area contributed by atoms with Crippen LogP contribution in [-0.2, 0) is 5.54 Å². The number of nitrogens with one attached hydrogen (secondary N) is 2. The van der Waals surface area contributed by atoms with Gasteiger partial charge >= 0.3 is 6.03 Å². The first-order valence-electron chi connectivity index (χ1n) is 8.30. The molecule has 3 rings (SSSR count). The van der Waals surface area contributed by atoms with E-state index in [1.54, 1.807) is 11.3 Å². The fourth-order valence-corrected chi connectivity index (χ4v) is 4.45. The number of urea groups is 1. The molecule has 2 N–H and O–H groups in total. The van der Waals surface area contributed by atoms with Crippen LogP contribution in [-0.4, -0.2) is 6.03 Å². The number of anilines is 1. The predicted octanol–water partition coefficient (Wildman–Crippen LogP) is 5.35. The van der Waals surface area contributed by atoms with Crippen LogP contribution in [0.25, 0.3) is 0 Å². The van der Waals surface area contributed by atoms with Crippen LogP contribution in [0, 0.1) is 13.8 Å². The largest absolute Gasteiger partial charge is 0.328 e. The molecule has 122 valence electrons. The number of benzene rings is 1. The number of hydrogen-bond donors (Lipinski definition) is 2. The highest BCUT2D eigenvalue weighted by Gasteiger charge is 2.36. The van der Waals surface area contributed by atoms with Gasteiger partial charge in [-0.3, -0.25) is 0 Å². The van der Waals surface area contributed by atoms with Crippen molar-refractivity contribution in [2.45, 2.75) is 51.5 Å². The van der Waals surface area contributed by atoms with Crippen LogP contribution >= 0.6 is 11.3 Å². The first-order valence-corrected chi connectivity index (χ1v) is 9.18. The Morgan fingerprint density at radius 3 is 2.35 bits per heavy atom. The molecule has 0 spiro atoms. The Morgan fingerprint density at radius 2 is 1.74 bits per heavy atom. The zero-order valence-corrected chi connectivity index (χ0v) is 14.6. The second-order valence-corrected chi connectivity index (χ2v) is 7.41. The van der Waals surface area contributed by atoms with Gasteiger partial charge in [0.1, 0.15) is 0 Å². The highest BCUT2D eigenvalue weighted by Crippen LogP contribution is 2.39. The van der Waals surface area contributed by atoms with E-state index in [1.807, 2.05) is 32.0 Å². The molecule has 1 aromatic heterocycles. The van der Waals surface area contributed by atoms with Crippen LogP contribution in [0.5, 0.6) is 0 Å². The molecule has 0 saturated heterocycles. The molecule has 0 atom stereocenters. The summed E-state index contributed by atoms with van der Waals surface area (Å²) in [6.45, 7) is 4.05. The smallest absolute Gasteiger partial charge is 0.319 e. The van der Waals surface area contributed by atoms with Crippen molar-refractivity contribution in [1.82, 2.24) is 5.32 Å². The Morgan fingerprint density at radius 1 is 1.04 bits per heavy atom. The van der Waals surface area contributed by atoms with Gasteiger partial charge in [0, 0.05) is 10.6 Å². The number of para-hydroxylation sites is 1. The Bertz CT molecular complexity index is 652. The molecule has 1 aliphatic rings. The van der Waals surface area contributed by atoms with Crippen molar-refractivity contribution in [2.75, 3.05) is 5.32 Å². The average molecular weight is 328 g/mol. The van der Waals surface area contributed by atoms with Crippen LogP contribution in [0.1, 0.15) is 48.1 Å². The minimum Gasteiger partial charge on any atom is -0.328 e. The lowest BCUT2D eigenvalue weighted by molar-refractivity contribution is 0.214. The van der Waals surface area contributed by atoms with E-state index in [0.29, 0.717) is 0 Å². The molecule has 2 amide bonds. The van der Waals surface area contributed by atoms with Crippen molar-refractivity contribution in [3.63, 3.8) is 0 Å². The molecule has 0 unspecified atom stereocenters. The SMILES string of the molecule is Cc1cccc(C)c1NC(=O)NC1(c2cccs2)CCCCC1. The van der Waals surface area contributed by atoms with Crippen LogP contribution in [0.15, 0.2) is 35.7 Å². The Labute approximate surface area is 142 Å². The first-order chi connectivity index (χ1) is 11.1. The molecule has 4 heteroatoms. The minimum atomic E-state index is -0.201. The molecular weight excluding hydrogens is 304 g/mol. The number of hydrogen-bond acceptors (Lipinski definition) is 2. The molecule has 1 heterocycles. The summed E-state index contributed by atoms with van der Waals surface area (Å²) < 4.78 is 0. The summed E-state index contributed by atoms with van der Waals surface area (Å²) in [5.74, 6) is 0. The third-order valence-corrected chi connectivity index (χ3v) is 5.85. The van der Waals surface area contributed by atoms with Gasteiger partial charge in [-0.25, -0.2) is 4.79 Å². The molecule has 1 aromatic carbocycles. The van der Waals surface area contributed by atoms with Crippen molar-refractivity contribution in [3.8, 4) is 0 Å². The fourth-order valence-electron chi connectivity index (χ4n) is 3.51. The standard InChI is InChI=1S/C19H24N2OS/c1-14-8-6-9-15(2)17(14)20-18(22)21-19(11-4-3-5-12-19)16-10-7-13-23-16/h6-10,13H,3-5,11-12H2,1-2H3,(H2,20,21,22). The van der Waals surface area contributed by atoms with Gasteiger partial charge in [0.05, 0.1) is 5.54 Å². The number of carbonyl (C=O) groups excluding carboxylic acids is 1. The van der Waals surface area contributed by atoms with Gasteiger partial charge in [-0.2, -0.15) is 0 Å². The highest BCUT2D eigenvalue weighted by atomic mass is 32.1. The normalized spacial score (nSPS) is 16.8. The van der Waals surface area contributed by atoms with Crippen molar-refractivity contribution in [2.24, 2.45) is 0 Å². The van der Waals surface area contributed by atoms with Crippen LogP contribution < -0.4 is 10.6 Å². The minimum absolute atomic E-state index is 0.0994. The van der Waals surface area contributed by atoms with Gasteiger partial charge in [0.2, 0.25) is 0 Å². The Kier molecular flexibility index (Phi) is 4.71. The van der Waals surface area contributed by atoms with E-state index in [1.165, 1.54) is 24.1 Å². The summed E-state index contributed by atoms with van der Waals surface area (Å²) >= 11 is 1.74. The van der Waals surface area contributed by atoms with Gasteiger partial charge in [-0.15, -0.1) is 11.3 Å². The fraction of sp³-hybridized carbons (Fsp3) is 0.421. The van der Waals surface area contributed by atoms with E-state index in [4.69, 9.17) is 0 Å². The molecule has 2 aromatic rings. The second-order valence-electron chi connectivity index (χ2n) is 6.47. The van der Waals surface area contributed by atoms with Crippen molar-refractivity contribution in [3.05, 3.63) is 51.7 Å². The van der Waals surface area contributed by atoms with Gasteiger partial charge in [-0.1, -0.05) is 43.5 Å². The molecule has 1 fully saturated rings. The van der Waals surface area contributed by atoms with E-state index in [2.05, 4.69) is 28.1 Å². The maximum absolute atomic E-state index is 12.7. The monoisotopic (exact) mass is 328 g/mol. The van der Waals surface area contributed by atoms with Gasteiger partial charge in [0.25, 0.3) is 0 Å². The number of aryl methyl sites for hydroxylation is 2. The van der Waals surface area contributed by atoms with E-state index < -0.39 is 0 Å². The number of carbonyl (C=O) groups is 1. The molecule has 1 aliphatic carbocycles. The summed E-state index contributed by atoms with van der Waals surface area (Å²) in [5.41, 5.74) is 2.90. The maximum Gasteiger partial charge on any atom is 0.319 e. The second kappa shape index (κ2) is 6.75. The van der Waals surface area contributed by atoms with Crippen molar-refractivity contribution < 1.29 is 4.79 Å². The third-order valence-electron chi connectivity index (χ3n) is 4.77. The molecule has 3 nitrogen and oxygen atoms in total. The van der Waals surface area contributed by atoms with E-state index in [9.17, 15) is 4.79 Å². The van der Waals surface area contributed by atoms with Gasteiger partial charge < -0.3 is 10.6 Å². The zero-order chi connectivity index (χ0) is 16.3. The summed E-state index contributed by atoms with van der Waals surface area (Å²) in [4.78, 5) is 13.9. The van der Waals surface area contributed by atoms with Gasteiger partial charge in [-0.05, 0) is 49.3 Å². The Balaban J connectivity index is 1.79. The van der Waals surface area contributed by atoms with Crippen LogP contribution in [0.3, 0.4) is 0 Å². The summed E-state index contributed by atoms with van der Waals surface area (Å²) in [6.07, 6.45) is 5.64. The maximum atomic E-state index is 12.7. The first kappa shape index (κ1) is 16.1. The summed E-state index contributed by atoms with van der Waals surface area (Å²) in [6, 6.07) is 10.2. The zero-order valence-electron chi connectivity index (χ0n) is 13.8. The molecule has 0 aliphatic heterocycles. The van der Waals surface area contributed by atoms with Gasteiger partial charge in [0.15, 0.2) is 0 Å². The predicted molar refractivity (Wildman–Crippen MR) is 97.2 cm³/mol. The molecular formula is C19H24N2OS. The summed E-state index contributed by atoms with van der Waals surface area (Å²) in [7, 11) is 0. The lowest BCUT2D eigenvalue weighted by atomic mass is 9.80. The van der Waals surface area contributed by atoms with Crippen LogP contribution in [0.2, 0.25) is 0 Å². The Hall–Kier alpha value is -1.81. The highest BCUT2D eigenvalue weighted by molar-refractivity contribution is 7.10.